The monoisotopic (exact) mass is 429 g/mol. The van der Waals surface area contributed by atoms with Gasteiger partial charge in [-0.15, -0.1) is 0 Å². The molecule has 0 unspecified atom stereocenters. The van der Waals surface area contributed by atoms with E-state index in [1.54, 1.807) is 40.2 Å². The fourth-order valence-electron chi connectivity index (χ4n) is 3.36. The van der Waals surface area contributed by atoms with Crippen LogP contribution in [0.25, 0.3) is 5.82 Å². The van der Waals surface area contributed by atoms with Gasteiger partial charge in [-0.25, -0.2) is 9.67 Å². The summed E-state index contributed by atoms with van der Waals surface area (Å²) in [6.45, 7) is 1.04. The standard InChI is InChI=1S/C21H18F3N5O2/c22-21(23,24)17-4-1-3-15(13-17)19(30)27-9-11-28(12-10-27)20(31)16-5-6-18(25-14-16)29-8-2-7-26-29/h1-8,13-14H,9-12H2. The molecular formula is C21H18F3N5O2. The van der Waals surface area contributed by atoms with Gasteiger partial charge in [0.05, 0.1) is 11.1 Å². The average molecular weight is 429 g/mol. The van der Waals surface area contributed by atoms with Crippen LogP contribution in [0.5, 0.6) is 0 Å². The van der Waals surface area contributed by atoms with Crippen LogP contribution < -0.4 is 0 Å². The van der Waals surface area contributed by atoms with Crippen LogP contribution in [0.1, 0.15) is 26.3 Å². The summed E-state index contributed by atoms with van der Waals surface area (Å²) in [6, 6.07) is 9.48. The normalized spacial score (nSPS) is 14.5. The number of hydrogen-bond donors (Lipinski definition) is 0. The highest BCUT2D eigenvalue weighted by molar-refractivity contribution is 5.96. The van der Waals surface area contributed by atoms with Crippen LogP contribution in [0.3, 0.4) is 0 Å². The molecule has 0 bridgehead atoms. The van der Waals surface area contributed by atoms with Crippen molar-refractivity contribution in [2.24, 2.45) is 0 Å². The molecule has 10 heteroatoms. The number of amides is 2. The lowest BCUT2D eigenvalue weighted by molar-refractivity contribution is -0.137. The molecule has 0 aliphatic carbocycles. The van der Waals surface area contributed by atoms with Gasteiger partial charge in [0.15, 0.2) is 5.82 Å². The summed E-state index contributed by atoms with van der Waals surface area (Å²) >= 11 is 0. The lowest BCUT2D eigenvalue weighted by Crippen LogP contribution is -2.50. The van der Waals surface area contributed by atoms with Crippen LogP contribution in [0, 0.1) is 0 Å². The third-order valence-electron chi connectivity index (χ3n) is 5.02. The average Bonchev–Trinajstić information content (AvgIpc) is 3.33. The van der Waals surface area contributed by atoms with Crippen LogP contribution in [0.2, 0.25) is 0 Å². The van der Waals surface area contributed by atoms with Crippen molar-refractivity contribution >= 4 is 11.8 Å². The number of rotatable bonds is 3. The number of hydrogen-bond acceptors (Lipinski definition) is 4. The number of aromatic nitrogens is 3. The molecule has 0 radical (unpaired) electrons. The van der Waals surface area contributed by atoms with Crippen molar-refractivity contribution in [1.82, 2.24) is 24.6 Å². The van der Waals surface area contributed by atoms with E-state index in [-0.39, 0.29) is 37.6 Å². The summed E-state index contributed by atoms with van der Waals surface area (Å²) in [5.41, 5.74) is -0.472. The predicted octanol–water partition coefficient (Wildman–Crippen LogP) is 2.88. The molecule has 1 saturated heterocycles. The minimum Gasteiger partial charge on any atom is -0.335 e. The van der Waals surface area contributed by atoms with E-state index >= 15 is 0 Å². The zero-order chi connectivity index (χ0) is 22.0. The molecule has 0 saturated carbocycles. The van der Waals surface area contributed by atoms with Crippen molar-refractivity contribution in [2.45, 2.75) is 6.18 Å². The largest absolute Gasteiger partial charge is 0.416 e. The zero-order valence-corrected chi connectivity index (χ0v) is 16.3. The molecule has 7 nitrogen and oxygen atoms in total. The van der Waals surface area contributed by atoms with E-state index in [2.05, 4.69) is 10.1 Å². The Morgan fingerprint density at radius 3 is 2.10 bits per heavy atom. The molecule has 2 amide bonds. The Balaban J connectivity index is 1.38. The van der Waals surface area contributed by atoms with Crippen LogP contribution in [-0.4, -0.2) is 62.6 Å². The van der Waals surface area contributed by atoms with Gasteiger partial charge in [0.2, 0.25) is 0 Å². The van der Waals surface area contributed by atoms with Crippen molar-refractivity contribution in [1.29, 1.82) is 0 Å². The maximum atomic E-state index is 12.9. The number of nitrogens with zero attached hydrogens (tertiary/aromatic N) is 5. The molecule has 1 aromatic carbocycles. The SMILES string of the molecule is O=C(c1ccc(-n2cccn2)nc1)N1CCN(C(=O)c2cccc(C(F)(F)F)c2)CC1. The van der Waals surface area contributed by atoms with Crippen molar-refractivity contribution in [3.05, 3.63) is 77.7 Å². The summed E-state index contributed by atoms with van der Waals surface area (Å²) in [5, 5.41) is 4.08. The van der Waals surface area contributed by atoms with E-state index in [9.17, 15) is 22.8 Å². The lowest BCUT2D eigenvalue weighted by Gasteiger charge is -2.35. The molecule has 1 aliphatic heterocycles. The lowest BCUT2D eigenvalue weighted by atomic mass is 10.1. The first-order chi connectivity index (χ1) is 14.8. The smallest absolute Gasteiger partial charge is 0.335 e. The highest BCUT2D eigenvalue weighted by atomic mass is 19.4. The molecule has 3 heterocycles. The molecule has 1 fully saturated rings. The number of alkyl halides is 3. The van der Waals surface area contributed by atoms with Gasteiger partial charge in [0.25, 0.3) is 11.8 Å². The second-order valence-corrected chi connectivity index (χ2v) is 7.02. The van der Waals surface area contributed by atoms with E-state index in [0.717, 1.165) is 12.1 Å². The predicted molar refractivity (Wildman–Crippen MR) is 105 cm³/mol. The van der Waals surface area contributed by atoms with Crippen molar-refractivity contribution in [3.63, 3.8) is 0 Å². The van der Waals surface area contributed by atoms with E-state index in [1.807, 2.05) is 0 Å². The van der Waals surface area contributed by atoms with Gasteiger partial charge in [0.1, 0.15) is 0 Å². The van der Waals surface area contributed by atoms with Gasteiger partial charge in [-0.3, -0.25) is 9.59 Å². The molecule has 0 spiro atoms. The number of benzene rings is 1. The maximum absolute atomic E-state index is 12.9. The fraction of sp³-hybridized carbons (Fsp3) is 0.238. The number of pyridine rings is 1. The first kappa shape index (κ1) is 20.6. The molecule has 0 N–H and O–H groups in total. The zero-order valence-electron chi connectivity index (χ0n) is 16.3. The van der Waals surface area contributed by atoms with Crippen LogP contribution in [-0.2, 0) is 6.18 Å². The maximum Gasteiger partial charge on any atom is 0.416 e. The quantitative estimate of drug-likeness (QED) is 0.642. The van der Waals surface area contributed by atoms with Crippen LogP contribution in [0.4, 0.5) is 13.2 Å². The van der Waals surface area contributed by atoms with Crippen LogP contribution in [0.15, 0.2) is 61.1 Å². The Morgan fingerprint density at radius 2 is 1.55 bits per heavy atom. The molecule has 1 aliphatic rings. The molecule has 2 aromatic heterocycles. The fourth-order valence-corrected chi connectivity index (χ4v) is 3.36. The third-order valence-corrected chi connectivity index (χ3v) is 5.02. The van der Waals surface area contributed by atoms with Crippen molar-refractivity contribution in [2.75, 3.05) is 26.2 Å². The molecule has 160 valence electrons. The Labute approximate surface area is 175 Å². The van der Waals surface area contributed by atoms with Gasteiger partial charge in [-0.2, -0.15) is 18.3 Å². The van der Waals surface area contributed by atoms with Gasteiger partial charge >= 0.3 is 6.18 Å². The third kappa shape index (κ3) is 4.42. The summed E-state index contributed by atoms with van der Waals surface area (Å²) in [6.07, 6.45) is 0.327. The summed E-state index contributed by atoms with van der Waals surface area (Å²) in [5.74, 6) is -0.118. The van der Waals surface area contributed by atoms with Gasteiger partial charge in [-0.05, 0) is 36.4 Å². The van der Waals surface area contributed by atoms with Crippen molar-refractivity contribution in [3.8, 4) is 5.82 Å². The number of carbonyl (C=O) groups is 2. The molecule has 31 heavy (non-hydrogen) atoms. The van der Waals surface area contributed by atoms with Gasteiger partial charge in [-0.1, -0.05) is 6.07 Å². The Hall–Kier alpha value is -3.69. The summed E-state index contributed by atoms with van der Waals surface area (Å²) < 4.78 is 40.3. The van der Waals surface area contributed by atoms with Crippen molar-refractivity contribution < 1.29 is 22.8 Å². The van der Waals surface area contributed by atoms with E-state index < -0.39 is 17.6 Å². The summed E-state index contributed by atoms with van der Waals surface area (Å²) in [4.78, 5) is 32.6. The first-order valence-electron chi connectivity index (χ1n) is 9.55. The Kier molecular flexibility index (Phi) is 5.45. The Bertz CT molecular complexity index is 1070. The molecule has 4 rings (SSSR count). The van der Waals surface area contributed by atoms with Gasteiger partial charge in [0, 0.05) is 50.3 Å². The second kappa shape index (κ2) is 8.21. The Morgan fingerprint density at radius 1 is 0.871 bits per heavy atom. The highest BCUT2D eigenvalue weighted by Gasteiger charge is 2.32. The highest BCUT2D eigenvalue weighted by Crippen LogP contribution is 2.29. The van der Waals surface area contributed by atoms with E-state index in [1.165, 1.54) is 23.2 Å². The second-order valence-electron chi connectivity index (χ2n) is 7.02. The van der Waals surface area contributed by atoms with Crippen LogP contribution >= 0.6 is 0 Å². The number of halogens is 3. The summed E-state index contributed by atoms with van der Waals surface area (Å²) in [7, 11) is 0. The molecular weight excluding hydrogens is 411 g/mol. The molecule has 3 aromatic rings. The topological polar surface area (TPSA) is 71.3 Å². The van der Waals surface area contributed by atoms with E-state index in [4.69, 9.17) is 0 Å². The van der Waals surface area contributed by atoms with Gasteiger partial charge < -0.3 is 9.80 Å². The molecule has 0 atom stereocenters. The minimum atomic E-state index is -4.51. The number of piperazine rings is 1. The van der Waals surface area contributed by atoms with E-state index in [0.29, 0.717) is 11.4 Å². The minimum absolute atomic E-state index is 0.0204. The number of carbonyl (C=O) groups excluding carboxylic acids is 2. The first-order valence-corrected chi connectivity index (χ1v) is 9.55.